The summed E-state index contributed by atoms with van der Waals surface area (Å²) in [5.74, 6) is -2.88. The summed E-state index contributed by atoms with van der Waals surface area (Å²) in [4.78, 5) is 44.9. The third-order valence-electron chi connectivity index (χ3n) is 8.17. The van der Waals surface area contributed by atoms with Gasteiger partial charge in [0.15, 0.2) is 0 Å². The Hall–Kier alpha value is -3.20. The monoisotopic (exact) mass is 552 g/mol. The van der Waals surface area contributed by atoms with Gasteiger partial charge in [-0.2, -0.15) is 0 Å². The van der Waals surface area contributed by atoms with Crippen molar-refractivity contribution in [2.75, 3.05) is 24.7 Å². The number of nitrogens with zero attached hydrogens (tertiary/aromatic N) is 2. The van der Waals surface area contributed by atoms with Crippen molar-refractivity contribution >= 4 is 35.1 Å². The molecule has 0 aromatic heterocycles. The molecule has 3 heterocycles. The Bertz CT molecular complexity index is 1240. The quantitative estimate of drug-likeness (QED) is 0.358. The van der Waals surface area contributed by atoms with Crippen LogP contribution in [-0.4, -0.2) is 71.3 Å². The molecule has 2 amide bonds. The van der Waals surface area contributed by atoms with Gasteiger partial charge in [-0.15, -0.1) is 6.58 Å². The first kappa shape index (κ1) is 27.4. The van der Waals surface area contributed by atoms with E-state index >= 15 is 0 Å². The number of halogens is 1. The van der Waals surface area contributed by atoms with Crippen LogP contribution in [0.15, 0.2) is 67.3 Å². The number of anilines is 1. The van der Waals surface area contributed by atoms with E-state index in [1.165, 1.54) is 4.90 Å². The van der Waals surface area contributed by atoms with Crippen molar-refractivity contribution in [1.29, 1.82) is 0 Å². The molecule has 6 atom stereocenters. The number of fused-ring (bicyclic) bond motifs is 1. The van der Waals surface area contributed by atoms with Crippen LogP contribution in [-0.2, 0) is 30.3 Å². The first-order valence-corrected chi connectivity index (χ1v) is 13.7. The third kappa shape index (κ3) is 4.64. The molecule has 39 heavy (non-hydrogen) atoms. The molecule has 1 N–H and O–H groups in total. The molecule has 0 radical (unpaired) electrons. The van der Waals surface area contributed by atoms with Gasteiger partial charge in [-0.05, 0) is 56.0 Å². The number of carbonyl (C=O) groups is 3. The summed E-state index contributed by atoms with van der Waals surface area (Å²) in [5.41, 5.74) is 0.305. The molecule has 9 heteroatoms. The maximum atomic E-state index is 14.6. The van der Waals surface area contributed by atoms with Crippen molar-refractivity contribution in [3.05, 3.63) is 77.8 Å². The van der Waals surface area contributed by atoms with Crippen LogP contribution in [0.1, 0.15) is 25.3 Å². The van der Waals surface area contributed by atoms with Gasteiger partial charge in [-0.25, -0.2) is 0 Å². The maximum Gasteiger partial charge on any atom is 0.312 e. The minimum absolute atomic E-state index is 0.180. The van der Waals surface area contributed by atoms with Crippen LogP contribution in [0.5, 0.6) is 0 Å². The predicted molar refractivity (Wildman–Crippen MR) is 146 cm³/mol. The molecule has 0 aliphatic carbocycles. The number of rotatable bonds is 10. The number of aliphatic hydroxyl groups excluding tert-OH is 1. The van der Waals surface area contributed by atoms with Gasteiger partial charge in [0.25, 0.3) is 5.91 Å². The van der Waals surface area contributed by atoms with Gasteiger partial charge < -0.3 is 24.4 Å². The summed E-state index contributed by atoms with van der Waals surface area (Å²) in [5, 5.41) is 11.1. The minimum atomic E-state index is -1.20. The van der Waals surface area contributed by atoms with E-state index in [-0.39, 0.29) is 31.6 Å². The minimum Gasteiger partial charge on any atom is -0.466 e. The summed E-state index contributed by atoms with van der Waals surface area (Å²) in [6.45, 7) is 5.56. The molecule has 1 spiro atoms. The number of hydrogen-bond donors (Lipinski definition) is 1. The Kier molecular flexibility index (Phi) is 7.80. The van der Waals surface area contributed by atoms with Crippen molar-refractivity contribution in [2.45, 2.75) is 50.0 Å². The molecular formula is C30H33ClN2O6. The van der Waals surface area contributed by atoms with Crippen LogP contribution in [0.2, 0.25) is 5.02 Å². The zero-order chi connectivity index (χ0) is 27.7. The van der Waals surface area contributed by atoms with Crippen LogP contribution in [0, 0.1) is 11.8 Å². The summed E-state index contributed by atoms with van der Waals surface area (Å²) in [6.07, 6.45) is 2.44. The highest BCUT2D eigenvalue weighted by Gasteiger charge is 2.75. The number of amides is 2. The molecule has 2 aromatic rings. The van der Waals surface area contributed by atoms with Crippen LogP contribution < -0.4 is 4.90 Å². The van der Waals surface area contributed by atoms with E-state index in [2.05, 4.69) is 6.58 Å². The van der Waals surface area contributed by atoms with E-state index in [0.717, 1.165) is 5.56 Å². The molecule has 0 saturated carbocycles. The van der Waals surface area contributed by atoms with Crippen molar-refractivity contribution in [3.8, 4) is 0 Å². The van der Waals surface area contributed by atoms with Crippen molar-refractivity contribution in [1.82, 2.24) is 4.90 Å². The van der Waals surface area contributed by atoms with Crippen LogP contribution >= 0.6 is 11.6 Å². The molecule has 2 aromatic carbocycles. The zero-order valence-electron chi connectivity index (χ0n) is 21.9. The van der Waals surface area contributed by atoms with Crippen molar-refractivity contribution in [2.24, 2.45) is 11.8 Å². The predicted octanol–water partition coefficient (Wildman–Crippen LogP) is 3.40. The Balaban J connectivity index is 1.60. The van der Waals surface area contributed by atoms with Gasteiger partial charge in [0.2, 0.25) is 5.91 Å². The molecule has 3 fully saturated rings. The molecule has 2 bridgehead atoms. The van der Waals surface area contributed by atoms with Gasteiger partial charge in [-0.3, -0.25) is 14.4 Å². The molecule has 3 aliphatic rings. The van der Waals surface area contributed by atoms with Gasteiger partial charge in [0.1, 0.15) is 11.6 Å². The van der Waals surface area contributed by atoms with E-state index in [0.29, 0.717) is 30.0 Å². The lowest BCUT2D eigenvalue weighted by atomic mass is 9.70. The van der Waals surface area contributed by atoms with Crippen LogP contribution in [0.4, 0.5) is 5.69 Å². The average molecular weight is 553 g/mol. The second-order valence-corrected chi connectivity index (χ2v) is 10.7. The largest absolute Gasteiger partial charge is 0.466 e. The topological polar surface area (TPSA) is 96.4 Å². The number of carbonyl (C=O) groups excluding carboxylic acids is 3. The molecule has 5 rings (SSSR count). The molecule has 3 saturated heterocycles. The molecular weight excluding hydrogens is 520 g/mol. The van der Waals surface area contributed by atoms with E-state index in [1.807, 2.05) is 30.3 Å². The van der Waals surface area contributed by atoms with Gasteiger partial charge in [-0.1, -0.05) is 48.0 Å². The summed E-state index contributed by atoms with van der Waals surface area (Å²) in [6, 6.07) is 14.6. The highest BCUT2D eigenvalue weighted by Crippen LogP contribution is 2.59. The number of aliphatic hydroxyl groups is 1. The Labute approximate surface area is 233 Å². The third-order valence-corrected chi connectivity index (χ3v) is 8.42. The Morgan fingerprint density at radius 1 is 1.26 bits per heavy atom. The molecule has 0 unspecified atom stereocenters. The highest BCUT2D eigenvalue weighted by atomic mass is 35.5. The smallest absolute Gasteiger partial charge is 0.312 e. The van der Waals surface area contributed by atoms with Gasteiger partial charge >= 0.3 is 5.97 Å². The fraction of sp³-hybridized carbons (Fsp3) is 0.433. The lowest BCUT2D eigenvalue weighted by Gasteiger charge is -2.39. The fourth-order valence-electron chi connectivity index (χ4n) is 6.63. The second kappa shape index (κ2) is 11.1. The van der Waals surface area contributed by atoms with E-state index in [1.54, 1.807) is 42.2 Å². The van der Waals surface area contributed by atoms with E-state index in [4.69, 9.17) is 21.1 Å². The summed E-state index contributed by atoms with van der Waals surface area (Å²) >= 11 is 6.11. The first-order valence-electron chi connectivity index (χ1n) is 13.4. The Morgan fingerprint density at radius 3 is 2.62 bits per heavy atom. The normalized spacial score (nSPS) is 27.8. The number of ether oxygens (including phenoxy) is 2. The SMILES string of the molecule is C=CCN(C(=O)[C@H]1N([C@@H](CO)Cc2ccccc2)C(=O)[C@@H]2[C@@H](C(=O)OCC)[C@H]3CC[C@]21O3)c1ccc(Cl)cc1. The second-order valence-electron chi connectivity index (χ2n) is 10.3. The molecule has 8 nitrogen and oxygen atoms in total. The molecule has 3 aliphatic heterocycles. The van der Waals surface area contributed by atoms with Crippen molar-refractivity contribution < 1.29 is 29.0 Å². The first-order chi connectivity index (χ1) is 18.9. The van der Waals surface area contributed by atoms with Crippen LogP contribution in [0.3, 0.4) is 0 Å². The lowest BCUT2D eigenvalue weighted by Crippen LogP contribution is -2.59. The van der Waals surface area contributed by atoms with Gasteiger partial charge in [0.05, 0.1) is 37.2 Å². The van der Waals surface area contributed by atoms with Crippen molar-refractivity contribution in [3.63, 3.8) is 0 Å². The number of benzene rings is 2. The average Bonchev–Trinajstić information content (AvgIpc) is 3.59. The van der Waals surface area contributed by atoms with E-state index < -0.39 is 41.6 Å². The summed E-state index contributed by atoms with van der Waals surface area (Å²) in [7, 11) is 0. The number of hydrogen-bond acceptors (Lipinski definition) is 6. The van der Waals surface area contributed by atoms with Crippen LogP contribution in [0.25, 0.3) is 0 Å². The summed E-state index contributed by atoms with van der Waals surface area (Å²) < 4.78 is 11.8. The van der Waals surface area contributed by atoms with E-state index in [9.17, 15) is 19.5 Å². The van der Waals surface area contributed by atoms with Gasteiger partial charge in [0, 0.05) is 17.3 Å². The lowest BCUT2D eigenvalue weighted by molar-refractivity contribution is -0.155. The fourth-order valence-corrected chi connectivity index (χ4v) is 6.75. The Morgan fingerprint density at radius 2 is 1.97 bits per heavy atom. The highest BCUT2D eigenvalue weighted by molar-refractivity contribution is 6.30. The standard InChI is InChI=1S/C30H33ClN2O6/c1-3-16-32(21-12-10-20(31)11-13-21)28(36)26-30-15-14-23(39-30)24(29(37)38-4-2)25(30)27(35)33(26)22(18-34)17-19-8-6-5-7-9-19/h3,5-13,22-26,34H,1,4,14-18H2,2H3/t22-,23-,24+,25+,26-,30+/m1/s1. The number of esters is 1. The maximum absolute atomic E-state index is 14.6. The number of likely N-dealkylation sites (tertiary alicyclic amines) is 1. The zero-order valence-corrected chi connectivity index (χ0v) is 22.6. The molecule has 206 valence electrons.